The van der Waals surface area contributed by atoms with E-state index in [9.17, 15) is 21.6 Å². The zero-order valence-electron chi connectivity index (χ0n) is 13.3. The Balaban J connectivity index is 0.00000288. The lowest BCUT2D eigenvalue weighted by Crippen LogP contribution is -2.40. The van der Waals surface area contributed by atoms with Gasteiger partial charge in [-0.2, -0.15) is 17.5 Å². The van der Waals surface area contributed by atoms with E-state index >= 15 is 0 Å². The Bertz CT molecular complexity index is 613. The molecule has 1 aromatic rings. The summed E-state index contributed by atoms with van der Waals surface area (Å²) in [4.78, 5) is -0.0874. The number of alkyl halides is 3. The summed E-state index contributed by atoms with van der Waals surface area (Å²) in [7, 11) is -3.72. The molecular formula is C15H22ClF3N2O2S. The van der Waals surface area contributed by atoms with E-state index in [4.69, 9.17) is 0 Å². The minimum atomic E-state index is -4.47. The Hall–Kier alpha value is -0.830. The Labute approximate surface area is 146 Å². The van der Waals surface area contributed by atoms with Crippen LogP contribution < -0.4 is 5.32 Å². The molecule has 0 saturated carbocycles. The van der Waals surface area contributed by atoms with Crippen molar-refractivity contribution < 1.29 is 21.6 Å². The first-order valence-corrected chi connectivity index (χ1v) is 9.07. The van der Waals surface area contributed by atoms with Gasteiger partial charge in [-0.3, -0.25) is 0 Å². The van der Waals surface area contributed by atoms with E-state index < -0.39 is 21.8 Å². The summed E-state index contributed by atoms with van der Waals surface area (Å²) in [6.07, 6.45) is -2.95. The first-order valence-electron chi connectivity index (χ1n) is 7.63. The molecule has 24 heavy (non-hydrogen) atoms. The third-order valence-corrected chi connectivity index (χ3v) is 5.99. The first kappa shape index (κ1) is 21.2. The molecule has 1 fully saturated rings. The van der Waals surface area contributed by atoms with Gasteiger partial charge in [-0.05, 0) is 56.1 Å². The van der Waals surface area contributed by atoms with Crippen molar-refractivity contribution in [3.05, 3.63) is 29.8 Å². The molecule has 2 rings (SSSR count). The van der Waals surface area contributed by atoms with Crippen molar-refractivity contribution in [1.82, 2.24) is 9.62 Å². The lowest BCUT2D eigenvalue weighted by molar-refractivity contribution is -0.137. The maximum Gasteiger partial charge on any atom is 0.416 e. The molecule has 0 atom stereocenters. The van der Waals surface area contributed by atoms with Crippen molar-refractivity contribution in [2.45, 2.75) is 30.8 Å². The summed E-state index contributed by atoms with van der Waals surface area (Å²) < 4.78 is 64.0. The van der Waals surface area contributed by atoms with E-state index in [-0.39, 0.29) is 17.3 Å². The maximum absolute atomic E-state index is 12.5. The van der Waals surface area contributed by atoms with Gasteiger partial charge >= 0.3 is 6.18 Å². The number of benzene rings is 1. The van der Waals surface area contributed by atoms with E-state index in [1.807, 2.05) is 6.92 Å². The van der Waals surface area contributed by atoms with Gasteiger partial charge in [0, 0.05) is 13.1 Å². The van der Waals surface area contributed by atoms with Crippen LogP contribution in [-0.4, -0.2) is 38.9 Å². The average Bonchev–Trinajstić information content (AvgIpc) is 2.52. The third-order valence-electron chi connectivity index (χ3n) is 4.08. The molecule has 0 spiro atoms. The Kier molecular flexibility index (Phi) is 7.52. The summed E-state index contributed by atoms with van der Waals surface area (Å²) in [5.41, 5.74) is -0.846. The second kappa shape index (κ2) is 8.51. The van der Waals surface area contributed by atoms with Crippen LogP contribution in [0.3, 0.4) is 0 Å². The second-order valence-electron chi connectivity index (χ2n) is 5.68. The molecule has 9 heteroatoms. The predicted molar refractivity (Wildman–Crippen MR) is 88.7 cm³/mol. The highest BCUT2D eigenvalue weighted by molar-refractivity contribution is 7.89. The molecule has 0 bridgehead atoms. The van der Waals surface area contributed by atoms with Crippen molar-refractivity contribution >= 4 is 22.4 Å². The molecule has 1 heterocycles. The van der Waals surface area contributed by atoms with Crippen molar-refractivity contribution in [3.8, 4) is 0 Å². The summed E-state index contributed by atoms with van der Waals surface area (Å²) in [6.45, 7) is 4.57. The van der Waals surface area contributed by atoms with Crippen molar-refractivity contribution in [2.75, 3.05) is 26.2 Å². The summed E-state index contributed by atoms with van der Waals surface area (Å²) in [6, 6.07) is 3.68. The maximum atomic E-state index is 12.5. The van der Waals surface area contributed by atoms with Gasteiger partial charge in [0.1, 0.15) is 0 Å². The van der Waals surface area contributed by atoms with E-state index in [1.54, 1.807) is 0 Å². The van der Waals surface area contributed by atoms with Crippen LogP contribution in [0.15, 0.2) is 29.2 Å². The fourth-order valence-corrected chi connectivity index (χ4v) is 4.14. The minimum absolute atomic E-state index is 0. The third kappa shape index (κ3) is 5.08. The van der Waals surface area contributed by atoms with E-state index in [2.05, 4.69) is 5.32 Å². The predicted octanol–water partition coefficient (Wildman–Crippen LogP) is 3.14. The smallest absolute Gasteiger partial charge is 0.317 e. The van der Waals surface area contributed by atoms with E-state index in [1.165, 1.54) is 4.31 Å². The number of piperidine rings is 1. The topological polar surface area (TPSA) is 49.4 Å². The van der Waals surface area contributed by atoms with Gasteiger partial charge in [0.15, 0.2) is 0 Å². The monoisotopic (exact) mass is 386 g/mol. The van der Waals surface area contributed by atoms with Gasteiger partial charge in [-0.1, -0.05) is 6.92 Å². The number of sulfonamides is 1. The molecule has 1 saturated heterocycles. The van der Waals surface area contributed by atoms with Gasteiger partial charge in [0.05, 0.1) is 10.5 Å². The molecule has 0 unspecified atom stereocenters. The molecule has 1 aliphatic heterocycles. The van der Waals surface area contributed by atoms with Gasteiger partial charge < -0.3 is 5.32 Å². The lowest BCUT2D eigenvalue weighted by atomic mass is 9.98. The van der Waals surface area contributed by atoms with Crippen LogP contribution in [0.2, 0.25) is 0 Å². The summed E-state index contributed by atoms with van der Waals surface area (Å²) >= 11 is 0. The van der Waals surface area contributed by atoms with Crippen LogP contribution in [0, 0.1) is 5.92 Å². The molecular weight excluding hydrogens is 365 g/mol. The highest BCUT2D eigenvalue weighted by Crippen LogP contribution is 2.30. The number of halogens is 4. The lowest BCUT2D eigenvalue weighted by Gasteiger charge is -2.31. The Morgan fingerprint density at radius 1 is 1.17 bits per heavy atom. The van der Waals surface area contributed by atoms with E-state index in [0.717, 1.165) is 50.2 Å². The molecule has 1 aliphatic rings. The number of hydrogen-bond donors (Lipinski definition) is 1. The molecule has 1 N–H and O–H groups in total. The number of hydrogen-bond acceptors (Lipinski definition) is 3. The van der Waals surface area contributed by atoms with Crippen LogP contribution in [0.4, 0.5) is 13.2 Å². The molecule has 0 amide bonds. The van der Waals surface area contributed by atoms with Crippen LogP contribution >= 0.6 is 12.4 Å². The Morgan fingerprint density at radius 2 is 1.71 bits per heavy atom. The van der Waals surface area contributed by atoms with Crippen LogP contribution in [0.1, 0.15) is 25.3 Å². The minimum Gasteiger partial charge on any atom is -0.317 e. The van der Waals surface area contributed by atoms with Crippen molar-refractivity contribution in [3.63, 3.8) is 0 Å². The zero-order chi connectivity index (χ0) is 17.1. The van der Waals surface area contributed by atoms with Crippen LogP contribution in [0.25, 0.3) is 0 Å². The summed E-state index contributed by atoms with van der Waals surface area (Å²) in [5.74, 6) is 0.439. The van der Waals surface area contributed by atoms with Gasteiger partial charge in [-0.15, -0.1) is 12.4 Å². The quantitative estimate of drug-likeness (QED) is 0.845. The normalized spacial score (nSPS) is 17.5. The zero-order valence-corrected chi connectivity index (χ0v) is 15.0. The highest BCUT2D eigenvalue weighted by Gasteiger charge is 2.32. The van der Waals surface area contributed by atoms with Crippen molar-refractivity contribution in [2.24, 2.45) is 5.92 Å². The first-order chi connectivity index (χ1) is 10.7. The van der Waals surface area contributed by atoms with E-state index in [0.29, 0.717) is 19.0 Å². The van der Waals surface area contributed by atoms with Gasteiger partial charge in [0.25, 0.3) is 0 Å². The standard InChI is InChI=1S/C15H21F3N2O2S.ClH/c1-2-19-11-12-7-9-20(10-8-12)23(21,22)14-5-3-13(4-6-14)15(16,17)18;/h3-6,12,19H,2,7-11H2,1H3;1H. The van der Waals surface area contributed by atoms with Crippen LogP contribution in [-0.2, 0) is 16.2 Å². The number of rotatable bonds is 5. The average molecular weight is 387 g/mol. The SMILES string of the molecule is CCNCC1CCN(S(=O)(=O)c2ccc(C(F)(F)F)cc2)CC1.Cl. The number of nitrogens with zero attached hydrogens (tertiary/aromatic N) is 1. The highest BCUT2D eigenvalue weighted by atomic mass is 35.5. The Morgan fingerprint density at radius 3 is 2.17 bits per heavy atom. The molecule has 4 nitrogen and oxygen atoms in total. The second-order valence-corrected chi connectivity index (χ2v) is 7.62. The van der Waals surface area contributed by atoms with Crippen LogP contribution in [0.5, 0.6) is 0 Å². The van der Waals surface area contributed by atoms with Crippen molar-refractivity contribution in [1.29, 1.82) is 0 Å². The fourth-order valence-electron chi connectivity index (χ4n) is 2.67. The van der Waals surface area contributed by atoms with Gasteiger partial charge in [0.2, 0.25) is 10.0 Å². The molecule has 0 aliphatic carbocycles. The fraction of sp³-hybridized carbons (Fsp3) is 0.600. The molecule has 0 radical (unpaired) electrons. The summed E-state index contributed by atoms with van der Waals surface area (Å²) in [5, 5.41) is 3.25. The largest absolute Gasteiger partial charge is 0.416 e. The molecule has 138 valence electrons. The molecule has 1 aromatic carbocycles. The number of nitrogens with one attached hydrogen (secondary N) is 1. The van der Waals surface area contributed by atoms with Gasteiger partial charge in [-0.25, -0.2) is 8.42 Å². The molecule has 0 aromatic heterocycles.